The van der Waals surface area contributed by atoms with E-state index >= 15 is 0 Å². The Labute approximate surface area is 83.9 Å². The number of nitrogens with one attached hydrogen (secondary N) is 1. The average Bonchev–Trinajstić information content (AvgIpc) is 2.49. The number of ether oxygens (including phenoxy) is 1. The third-order valence-electron chi connectivity index (χ3n) is 1.94. The third kappa shape index (κ3) is 3.03. The van der Waals surface area contributed by atoms with Gasteiger partial charge in [-0.2, -0.15) is 0 Å². The van der Waals surface area contributed by atoms with Gasteiger partial charge in [-0.15, -0.1) is 0 Å². The summed E-state index contributed by atoms with van der Waals surface area (Å²) in [5, 5.41) is 12.1. The Kier molecular flexibility index (Phi) is 3.16. The number of hydrogen-bond acceptors (Lipinski definition) is 3. The van der Waals surface area contributed by atoms with E-state index in [2.05, 4.69) is 5.32 Å². The Bertz CT molecular complexity index is 234. The standard InChI is InChI=1S/C10H17NO3/c1-10(2,3)11-8(9(12)13)7-5-4-6-14-7/h4,6-8,11H,5H2,1-3H3,(H,12,13). The molecule has 1 heterocycles. The first kappa shape index (κ1) is 11.0. The van der Waals surface area contributed by atoms with Gasteiger partial charge in [-0.3, -0.25) is 10.1 Å². The Morgan fingerprint density at radius 1 is 1.64 bits per heavy atom. The minimum atomic E-state index is -0.867. The van der Waals surface area contributed by atoms with E-state index in [0.717, 1.165) is 0 Å². The molecule has 1 aliphatic rings. The van der Waals surface area contributed by atoms with Crippen molar-refractivity contribution in [2.45, 2.75) is 44.9 Å². The zero-order chi connectivity index (χ0) is 10.8. The van der Waals surface area contributed by atoms with Crippen molar-refractivity contribution in [3.63, 3.8) is 0 Å². The molecule has 0 aliphatic carbocycles. The summed E-state index contributed by atoms with van der Waals surface area (Å²) in [5.41, 5.74) is -0.227. The number of carboxylic acids is 1. The molecule has 4 heteroatoms. The minimum absolute atomic E-state index is 0.227. The predicted molar refractivity (Wildman–Crippen MR) is 52.9 cm³/mol. The quantitative estimate of drug-likeness (QED) is 0.715. The van der Waals surface area contributed by atoms with Crippen LogP contribution in [0.25, 0.3) is 0 Å². The van der Waals surface area contributed by atoms with Crippen LogP contribution < -0.4 is 5.32 Å². The molecule has 4 nitrogen and oxygen atoms in total. The first-order valence-electron chi connectivity index (χ1n) is 4.71. The van der Waals surface area contributed by atoms with E-state index in [1.165, 1.54) is 0 Å². The van der Waals surface area contributed by atoms with Crippen LogP contribution in [0.2, 0.25) is 0 Å². The van der Waals surface area contributed by atoms with Crippen molar-refractivity contribution >= 4 is 5.97 Å². The lowest BCUT2D eigenvalue weighted by atomic mass is 10.0. The van der Waals surface area contributed by atoms with Crippen LogP contribution in [-0.4, -0.2) is 28.8 Å². The average molecular weight is 199 g/mol. The number of aliphatic carboxylic acids is 1. The molecular formula is C10H17NO3. The maximum atomic E-state index is 11.0. The van der Waals surface area contributed by atoms with Crippen LogP contribution in [0.5, 0.6) is 0 Å². The highest BCUT2D eigenvalue weighted by Crippen LogP contribution is 2.15. The minimum Gasteiger partial charge on any atom is -0.496 e. The molecule has 2 unspecified atom stereocenters. The molecule has 0 saturated carbocycles. The topological polar surface area (TPSA) is 58.6 Å². The van der Waals surface area contributed by atoms with Gasteiger partial charge in [0.2, 0.25) is 0 Å². The van der Waals surface area contributed by atoms with Crippen LogP contribution >= 0.6 is 0 Å². The maximum absolute atomic E-state index is 11.0. The smallest absolute Gasteiger partial charge is 0.324 e. The lowest BCUT2D eigenvalue weighted by Gasteiger charge is -2.29. The Morgan fingerprint density at radius 3 is 2.64 bits per heavy atom. The summed E-state index contributed by atoms with van der Waals surface area (Å²) < 4.78 is 5.20. The van der Waals surface area contributed by atoms with Gasteiger partial charge in [0.25, 0.3) is 0 Å². The molecule has 0 aromatic rings. The summed E-state index contributed by atoms with van der Waals surface area (Å²) in [5.74, 6) is -0.867. The number of hydrogen-bond donors (Lipinski definition) is 2. The van der Waals surface area contributed by atoms with Crippen molar-refractivity contribution in [2.24, 2.45) is 0 Å². The van der Waals surface area contributed by atoms with Crippen LogP contribution in [0.1, 0.15) is 27.2 Å². The monoisotopic (exact) mass is 199 g/mol. The van der Waals surface area contributed by atoms with Crippen LogP contribution in [-0.2, 0) is 9.53 Å². The maximum Gasteiger partial charge on any atom is 0.324 e. The van der Waals surface area contributed by atoms with Crippen molar-refractivity contribution in [3.05, 3.63) is 12.3 Å². The fourth-order valence-corrected chi connectivity index (χ4v) is 1.40. The summed E-state index contributed by atoms with van der Waals surface area (Å²) >= 11 is 0. The van der Waals surface area contributed by atoms with Crippen LogP contribution in [0.4, 0.5) is 0 Å². The SMILES string of the molecule is CC(C)(C)NC(C(=O)O)C1CC=CO1. The van der Waals surface area contributed by atoms with Crippen molar-refractivity contribution in [3.8, 4) is 0 Å². The van der Waals surface area contributed by atoms with E-state index in [4.69, 9.17) is 9.84 Å². The molecule has 14 heavy (non-hydrogen) atoms. The molecule has 1 rings (SSSR count). The van der Waals surface area contributed by atoms with E-state index in [1.807, 2.05) is 26.8 Å². The second-order valence-electron chi connectivity index (χ2n) is 4.49. The van der Waals surface area contributed by atoms with Crippen LogP contribution in [0.15, 0.2) is 12.3 Å². The van der Waals surface area contributed by atoms with Crippen molar-refractivity contribution < 1.29 is 14.6 Å². The van der Waals surface area contributed by atoms with Crippen LogP contribution in [0, 0.1) is 0 Å². The molecule has 80 valence electrons. The third-order valence-corrected chi connectivity index (χ3v) is 1.94. The van der Waals surface area contributed by atoms with Gasteiger partial charge in [0.1, 0.15) is 12.1 Å². The highest BCUT2D eigenvalue weighted by atomic mass is 16.5. The molecule has 0 saturated heterocycles. The van der Waals surface area contributed by atoms with Gasteiger partial charge in [0.15, 0.2) is 0 Å². The van der Waals surface area contributed by atoms with Gasteiger partial charge in [0, 0.05) is 12.0 Å². The van der Waals surface area contributed by atoms with Gasteiger partial charge in [-0.05, 0) is 26.8 Å². The van der Waals surface area contributed by atoms with Gasteiger partial charge in [0.05, 0.1) is 6.26 Å². The molecule has 0 aromatic carbocycles. The number of rotatable bonds is 3. The van der Waals surface area contributed by atoms with E-state index < -0.39 is 12.0 Å². The fraction of sp³-hybridized carbons (Fsp3) is 0.700. The first-order valence-corrected chi connectivity index (χ1v) is 4.71. The van der Waals surface area contributed by atoms with E-state index in [0.29, 0.717) is 6.42 Å². The molecule has 0 amide bonds. The van der Waals surface area contributed by atoms with Gasteiger partial charge in [-0.25, -0.2) is 0 Å². The van der Waals surface area contributed by atoms with Crippen molar-refractivity contribution in [2.75, 3.05) is 0 Å². The molecule has 1 aliphatic heterocycles. The molecular weight excluding hydrogens is 182 g/mol. The predicted octanol–water partition coefficient (Wildman–Crippen LogP) is 1.13. The zero-order valence-electron chi connectivity index (χ0n) is 8.78. The summed E-state index contributed by atoms with van der Waals surface area (Å²) in [4.78, 5) is 11.0. The Hall–Kier alpha value is -1.03. The second kappa shape index (κ2) is 4.00. The molecule has 0 radical (unpaired) electrons. The summed E-state index contributed by atoms with van der Waals surface area (Å²) in [6.45, 7) is 5.81. The lowest BCUT2D eigenvalue weighted by molar-refractivity contribution is -0.143. The van der Waals surface area contributed by atoms with E-state index in [1.54, 1.807) is 6.26 Å². The fourth-order valence-electron chi connectivity index (χ4n) is 1.40. The van der Waals surface area contributed by atoms with Crippen LogP contribution in [0.3, 0.4) is 0 Å². The molecule has 0 aromatic heterocycles. The van der Waals surface area contributed by atoms with Crippen molar-refractivity contribution in [1.29, 1.82) is 0 Å². The van der Waals surface area contributed by atoms with Gasteiger partial charge in [-0.1, -0.05) is 0 Å². The van der Waals surface area contributed by atoms with Gasteiger partial charge >= 0.3 is 5.97 Å². The normalized spacial score (nSPS) is 23.2. The second-order valence-corrected chi connectivity index (χ2v) is 4.49. The Morgan fingerprint density at radius 2 is 2.29 bits per heavy atom. The molecule has 0 fully saturated rings. The van der Waals surface area contributed by atoms with Crippen molar-refractivity contribution in [1.82, 2.24) is 5.32 Å². The Balaban J connectivity index is 2.60. The molecule has 0 bridgehead atoms. The molecule has 2 atom stereocenters. The van der Waals surface area contributed by atoms with E-state index in [9.17, 15) is 4.79 Å². The molecule has 0 spiro atoms. The lowest BCUT2D eigenvalue weighted by Crippen LogP contribution is -2.53. The summed E-state index contributed by atoms with van der Waals surface area (Å²) in [7, 11) is 0. The zero-order valence-corrected chi connectivity index (χ0v) is 8.78. The largest absolute Gasteiger partial charge is 0.496 e. The van der Waals surface area contributed by atoms with E-state index in [-0.39, 0.29) is 11.6 Å². The highest BCUT2D eigenvalue weighted by Gasteiger charge is 2.33. The first-order chi connectivity index (χ1) is 6.40. The summed E-state index contributed by atoms with van der Waals surface area (Å²) in [6.07, 6.45) is 3.77. The van der Waals surface area contributed by atoms with Gasteiger partial charge < -0.3 is 9.84 Å². The summed E-state index contributed by atoms with van der Waals surface area (Å²) in [6, 6.07) is -0.648. The number of carboxylic acid groups (broad SMARTS) is 1. The highest BCUT2D eigenvalue weighted by molar-refractivity contribution is 5.74. The number of carbonyl (C=O) groups is 1. The molecule has 2 N–H and O–H groups in total.